The monoisotopic (exact) mass is 468 g/mol. The van der Waals surface area contributed by atoms with Crippen molar-refractivity contribution in [3.05, 3.63) is 45.9 Å². The highest BCUT2D eigenvalue weighted by molar-refractivity contribution is 6.36. The molecule has 168 valence electrons. The summed E-state index contributed by atoms with van der Waals surface area (Å²) in [5.74, 6) is 0.818. The van der Waals surface area contributed by atoms with Crippen molar-refractivity contribution in [3.63, 3.8) is 0 Å². The molecule has 0 saturated heterocycles. The van der Waals surface area contributed by atoms with Crippen LogP contribution in [-0.2, 0) is 16.0 Å². The van der Waals surface area contributed by atoms with E-state index in [1.165, 1.54) is 32.3 Å². The molecule has 7 nitrogen and oxygen atoms in total. The second kappa shape index (κ2) is 11.7. The van der Waals surface area contributed by atoms with E-state index in [9.17, 15) is 9.59 Å². The smallest absolute Gasteiger partial charge is 0.244 e. The van der Waals surface area contributed by atoms with Gasteiger partial charge in [-0.2, -0.15) is 0 Å². The van der Waals surface area contributed by atoms with Gasteiger partial charge < -0.3 is 24.4 Å². The molecule has 0 aliphatic rings. The fourth-order valence-electron chi connectivity index (χ4n) is 3.04. The molecule has 2 aromatic rings. The molecule has 0 aliphatic carbocycles. The molecule has 2 rings (SSSR count). The van der Waals surface area contributed by atoms with Gasteiger partial charge >= 0.3 is 0 Å². The van der Waals surface area contributed by atoms with Crippen LogP contribution in [0.15, 0.2) is 30.3 Å². The summed E-state index contributed by atoms with van der Waals surface area (Å²) in [5.41, 5.74) is 1.12. The van der Waals surface area contributed by atoms with Gasteiger partial charge in [-0.3, -0.25) is 9.59 Å². The number of halogens is 2. The zero-order chi connectivity index (χ0) is 23.0. The maximum absolute atomic E-state index is 12.9. The molecule has 2 aromatic carbocycles. The van der Waals surface area contributed by atoms with Crippen LogP contribution in [0.1, 0.15) is 18.9 Å². The standard InChI is InChI=1S/C22H26Cl2N2O5/c1-5-8-26(13-20(27)25-17-7-6-15(23)12-16(17)24)21(28)11-14-9-18(29-2)22(31-4)19(10-14)30-3/h6-7,9-10,12H,5,8,11,13H2,1-4H3,(H,25,27). The lowest BCUT2D eigenvalue weighted by atomic mass is 10.1. The van der Waals surface area contributed by atoms with Gasteiger partial charge in [0.05, 0.1) is 45.0 Å². The maximum atomic E-state index is 12.9. The molecule has 0 atom stereocenters. The largest absolute Gasteiger partial charge is 0.493 e. The van der Waals surface area contributed by atoms with Crippen LogP contribution in [0.5, 0.6) is 17.2 Å². The lowest BCUT2D eigenvalue weighted by molar-refractivity contribution is -0.134. The lowest BCUT2D eigenvalue weighted by Gasteiger charge is -2.22. The number of amides is 2. The number of ether oxygens (including phenoxy) is 3. The third-order valence-electron chi connectivity index (χ3n) is 4.47. The first-order valence-electron chi connectivity index (χ1n) is 9.64. The Morgan fingerprint density at radius 2 is 1.65 bits per heavy atom. The predicted octanol–water partition coefficient (Wildman–Crippen LogP) is 4.44. The van der Waals surface area contributed by atoms with E-state index in [0.29, 0.717) is 51.5 Å². The number of hydrogen-bond donors (Lipinski definition) is 1. The molecule has 31 heavy (non-hydrogen) atoms. The minimum atomic E-state index is -0.351. The summed E-state index contributed by atoms with van der Waals surface area (Å²) in [6.45, 7) is 2.27. The third-order valence-corrected chi connectivity index (χ3v) is 5.01. The number of methoxy groups -OCH3 is 3. The van der Waals surface area contributed by atoms with Crippen molar-refractivity contribution in [1.29, 1.82) is 0 Å². The molecule has 1 N–H and O–H groups in total. The zero-order valence-corrected chi connectivity index (χ0v) is 19.5. The highest BCUT2D eigenvalue weighted by Crippen LogP contribution is 2.38. The molecule has 0 aromatic heterocycles. The van der Waals surface area contributed by atoms with Crippen LogP contribution >= 0.6 is 23.2 Å². The first kappa shape index (κ1) is 24.6. The second-order valence-corrected chi connectivity index (χ2v) is 7.54. The first-order chi connectivity index (χ1) is 14.8. The Morgan fingerprint density at radius 1 is 1.00 bits per heavy atom. The number of carbonyl (C=O) groups is 2. The van der Waals surface area contributed by atoms with E-state index in [4.69, 9.17) is 37.4 Å². The summed E-state index contributed by atoms with van der Waals surface area (Å²) < 4.78 is 16.0. The van der Waals surface area contributed by atoms with Gasteiger partial charge in [-0.1, -0.05) is 30.1 Å². The van der Waals surface area contributed by atoms with Crippen LogP contribution < -0.4 is 19.5 Å². The summed E-state index contributed by atoms with van der Waals surface area (Å²) in [6, 6.07) is 8.22. The van der Waals surface area contributed by atoms with E-state index in [1.807, 2.05) is 6.92 Å². The van der Waals surface area contributed by atoms with Crippen LogP contribution in [-0.4, -0.2) is 51.1 Å². The third kappa shape index (κ3) is 6.67. The van der Waals surface area contributed by atoms with Crippen LogP contribution in [0.25, 0.3) is 0 Å². The number of nitrogens with zero attached hydrogens (tertiary/aromatic N) is 1. The van der Waals surface area contributed by atoms with Crippen molar-refractivity contribution >= 4 is 40.7 Å². The summed E-state index contributed by atoms with van der Waals surface area (Å²) in [7, 11) is 4.54. The molecule has 9 heteroatoms. The van der Waals surface area contributed by atoms with Gasteiger partial charge in [-0.25, -0.2) is 0 Å². The molecule has 0 unspecified atom stereocenters. The Balaban J connectivity index is 2.14. The molecular weight excluding hydrogens is 443 g/mol. The van der Waals surface area contributed by atoms with Crippen LogP contribution in [0.3, 0.4) is 0 Å². The van der Waals surface area contributed by atoms with Crippen molar-refractivity contribution in [2.75, 3.05) is 39.7 Å². The number of nitrogens with one attached hydrogen (secondary N) is 1. The van der Waals surface area contributed by atoms with E-state index < -0.39 is 0 Å². The fourth-order valence-corrected chi connectivity index (χ4v) is 3.50. The number of benzene rings is 2. The first-order valence-corrected chi connectivity index (χ1v) is 10.4. The van der Waals surface area contributed by atoms with E-state index in [2.05, 4.69) is 5.32 Å². The molecule has 0 radical (unpaired) electrons. The molecule has 2 amide bonds. The maximum Gasteiger partial charge on any atom is 0.244 e. The summed E-state index contributed by atoms with van der Waals surface area (Å²) in [6.07, 6.45) is 0.779. The van der Waals surface area contributed by atoms with Gasteiger partial charge in [0.2, 0.25) is 17.6 Å². The highest BCUT2D eigenvalue weighted by atomic mass is 35.5. The number of anilines is 1. The van der Waals surface area contributed by atoms with Gasteiger partial charge in [0, 0.05) is 11.6 Å². The summed E-state index contributed by atoms with van der Waals surface area (Å²) in [5, 5.41) is 3.51. The number of carbonyl (C=O) groups excluding carboxylic acids is 2. The average Bonchev–Trinajstić information content (AvgIpc) is 2.74. The van der Waals surface area contributed by atoms with Gasteiger partial charge in [-0.05, 0) is 42.3 Å². The molecule has 0 spiro atoms. The normalized spacial score (nSPS) is 10.4. The van der Waals surface area contributed by atoms with Gasteiger partial charge in [0.15, 0.2) is 11.5 Å². The van der Waals surface area contributed by atoms with Crippen LogP contribution in [0.4, 0.5) is 5.69 Å². The molecule has 0 aliphatic heterocycles. The second-order valence-electron chi connectivity index (χ2n) is 6.70. The van der Waals surface area contributed by atoms with Crippen molar-refractivity contribution in [3.8, 4) is 17.2 Å². The zero-order valence-electron chi connectivity index (χ0n) is 18.0. The molecule has 0 fully saturated rings. The summed E-state index contributed by atoms with van der Waals surface area (Å²) in [4.78, 5) is 27.0. The molecule has 0 saturated carbocycles. The van der Waals surface area contributed by atoms with Crippen LogP contribution in [0.2, 0.25) is 10.0 Å². The SMILES string of the molecule is CCCN(CC(=O)Nc1ccc(Cl)cc1Cl)C(=O)Cc1cc(OC)c(OC)c(OC)c1. The minimum absolute atomic E-state index is 0.0751. The van der Waals surface area contributed by atoms with Crippen molar-refractivity contribution in [2.24, 2.45) is 0 Å². The Labute approximate surface area is 192 Å². The Bertz CT molecular complexity index is 911. The van der Waals surface area contributed by atoms with Crippen molar-refractivity contribution < 1.29 is 23.8 Å². The van der Waals surface area contributed by atoms with Crippen LogP contribution in [0, 0.1) is 0 Å². The van der Waals surface area contributed by atoms with E-state index in [-0.39, 0.29) is 24.8 Å². The quantitative estimate of drug-likeness (QED) is 0.557. The molecule has 0 bridgehead atoms. The lowest BCUT2D eigenvalue weighted by Crippen LogP contribution is -2.39. The van der Waals surface area contributed by atoms with E-state index in [0.717, 1.165) is 0 Å². The average molecular weight is 469 g/mol. The Kier molecular flexibility index (Phi) is 9.27. The summed E-state index contributed by atoms with van der Waals surface area (Å²) >= 11 is 12.0. The fraction of sp³-hybridized carbons (Fsp3) is 0.364. The molecular formula is C22H26Cl2N2O5. The van der Waals surface area contributed by atoms with Gasteiger partial charge in [-0.15, -0.1) is 0 Å². The Morgan fingerprint density at radius 3 is 2.16 bits per heavy atom. The number of hydrogen-bond acceptors (Lipinski definition) is 5. The van der Waals surface area contributed by atoms with E-state index in [1.54, 1.807) is 24.3 Å². The predicted molar refractivity (Wildman–Crippen MR) is 122 cm³/mol. The highest BCUT2D eigenvalue weighted by Gasteiger charge is 2.20. The van der Waals surface area contributed by atoms with Crippen molar-refractivity contribution in [1.82, 2.24) is 4.90 Å². The van der Waals surface area contributed by atoms with E-state index >= 15 is 0 Å². The topological polar surface area (TPSA) is 77.1 Å². The molecule has 0 heterocycles. The van der Waals surface area contributed by atoms with Crippen molar-refractivity contribution in [2.45, 2.75) is 19.8 Å². The number of rotatable bonds is 10. The van der Waals surface area contributed by atoms with Gasteiger partial charge in [0.1, 0.15) is 0 Å². The Hall–Kier alpha value is -2.64. The van der Waals surface area contributed by atoms with Gasteiger partial charge in [0.25, 0.3) is 0 Å². The minimum Gasteiger partial charge on any atom is -0.493 e.